The van der Waals surface area contributed by atoms with Crippen LogP contribution in [0, 0.1) is 6.92 Å². The molecule has 1 nitrogen and oxygen atoms in total. The van der Waals surface area contributed by atoms with Crippen molar-refractivity contribution in [2.75, 3.05) is 5.32 Å². The summed E-state index contributed by atoms with van der Waals surface area (Å²) in [6.07, 6.45) is 3.48. The molecule has 0 amide bonds. The van der Waals surface area contributed by atoms with Crippen LogP contribution in [0.5, 0.6) is 0 Å². The first-order chi connectivity index (χ1) is 6.72. The van der Waals surface area contributed by atoms with E-state index in [1.54, 1.807) is 0 Å². The van der Waals surface area contributed by atoms with E-state index in [-0.39, 0.29) is 0 Å². The normalized spacial score (nSPS) is 9.86. The Bertz CT molecular complexity index is 285. The van der Waals surface area contributed by atoms with Gasteiger partial charge >= 0.3 is 0 Å². The Morgan fingerprint density at radius 1 is 1.29 bits per heavy atom. The van der Waals surface area contributed by atoms with Gasteiger partial charge in [0.15, 0.2) is 0 Å². The van der Waals surface area contributed by atoms with Gasteiger partial charge in [-0.1, -0.05) is 37.6 Å². The van der Waals surface area contributed by atoms with Crippen LogP contribution in [-0.4, -0.2) is 0 Å². The molecule has 0 aliphatic carbocycles. The predicted molar refractivity (Wildman–Crippen MR) is 63.5 cm³/mol. The first kappa shape index (κ1) is 10.8. The lowest BCUT2D eigenvalue weighted by Gasteiger charge is -2.08. The number of anilines is 1. The summed E-state index contributed by atoms with van der Waals surface area (Å²) in [4.78, 5) is 0. The van der Waals surface area contributed by atoms with Crippen LogP contribution in [-0.2, 0) is 0 Å². The molecule has 1 N–H and O–H groups in total. The largest absolute Gasteiger partial charge is 0.359 e. The molecule has 0 aliphatic heterocycles. The first-order valence-corrected chi connectivity index (χ1v) is 5.24. The van der Waals surface area contributed by atoms with Gasteiger partial charge in [-0.15, -0.1) is 0 Å². The fourth-order valence-corrected chi connectivity index (χ4v) is 1.29. The lowest BCUT2D eigenvalue weighted by Crippen LogP contribution is -1.97. The lowest BCUT2D eigenvalue weighted by atomic mass is 10.2. The van der Waals surface area contributed by atoms with Gasteiger partial charge in [-0.2, -0.15) is 0 Å². The molecule has 1 rings (SSSR count). The molecule has 0 radical (unpaired) electrons. The number of rotatable bonds is 5. The van der Waals surface area contributed by atoms with Crippen molar-refractivity contribution < 1.29 is 0 Å². The van der Waals surface area contributed by atoms with E-state index >= 15 is 0 Å². The summed E-state index contributed by atoms with van der Waals surface area (Å²) >= 11 is 0. The second-order valence-corrected chi connectivity index (χ2v) is 3.70. The quantitative estimate of drug-likeness (QED) is 0.735. The highest BCUT2D eigenvalue weighted by atomic mass is 14.9. The summed E-state index contributed by atoms with van der Waals surface area (Å²) in [6, 6.07) is 8.39. The van der Waals surface area contributed by atoms with E-state index in [1.165, 1.54) is 18.4 Å². The summed E-state index contributed by atoms with van der Waals surface area (Å²) < 4.78 is 0. The minimum absolute atomic E-state index is 1.06. The molecule has 0 aromatic heterocycles. The Balaban J connectivity index is 2.44. The average molecular weight is 189 g/mol. The van der Waals surface area contributed by atoms with Crippen LogP contribution in [0.3, 0.4) is 0 Å². The van der Waals surface area contributed by atoms with Gasteiger partial charge in [0.25, 0.3) is 0 Å². The Morgan fingerprint density at radius 2 is 1.93 bits per heavy atom. The van der Waals surface area contributed by atoms with Gasteiger partial charge in [-0.3, -0.25) is 0 Å². The monoisotopic (exact) mass is 189 g/mol. The van der Waals surface area contributed by atoms with Gasteiger partial charge in [0.2, 0.25) is 0 Å². The zero-order valence-electron chi connectivity index (χ0n) is 9.14. The van der Waals surface area contributed by atoms with Gasteiger partial charge in [-0.25, -0.2) is 0 Å². The smallest absolute Gasteiger partial charge is 0.0381 e. The van der Waals surface area contributed by atoms with E-state index < -0.39 is 0 Å². The molecule has 0 unspecified atom stereocenters. The van der Waals surface area contributed by atoms with Crippen molar-refractivity contribution in [3.63, 3.8) is 0 Å². The van der Waals surface area contributed by atoms with E-state index in [0.29, 0.717) is 0 Å². The van der Waals surface area contributed by atoms with Crippen LogP contribution in [0.25, 0.3) is 0 Å². The van der Waals surface area contributed by atoms with E-state index in [9.17, 15) is 0 Å². The number of hydrogen-bond donors (Lipinski definition) is 1. The fraction of sp³-hybridized carbons (Fsp3) is 0.385. The second-order valence-electron chi connectivity index (χ2n) is 3.70. The van der Waals surface area contributed by atoms with Gasteiger partial charge in [-0.05, 0) is 31.9 Å². The van der Waals surface area contributed by atoms with Gasteiger partial charge in [0.05, 0.1) is 0 Å². The summed E-state index contributed by atoms with van der Waals surface area (Å²) in [5.74, 6) is 0. The van der Waals surface area contributed by atoms with Crippen LogP contribution in [0.2, 0.25) is 0 Å². The number of nitrogens with one attached hydrogen (secondary N) is 1. The van der Waals surface area contributed by atoms with E-state index in [4.69, 9.17) is 0 Å². The van der Waals surface area contributed by atoms with Gasteiger partial charge < -0.3 is 5.32 Å². The third kappa shape index (κ3) is 3.65. The maximum Gasteiger partial charge on any atom is 0.0381 e. The molecular weight excluding hydrogens is 170 g/mol. The van der Waals surface area contributed by atoms with E-state index in [0.717, 1.165) is 17.8 Å². The van der Waals surface area contributed by atoms with E-state index in [1.807, 2.05) is 0 Å². The highest BCUT2D eigenvalue weighted by Gasteiger charge is 1.94. The number of benzene rings is 1. The minimum Gasteiger partial charge on any atom is -0.359 e. The summed E-state index contributed by atoms with van der Waals surface area (Å²) in [6.45, 7) is 8.29. The lowest BCUT2D eigenvalue weighted by molar-refractivity contribution is 0.792. The Labute approximate surface area is 86.8 Å². The molecule has 0 saturated carbocycles. The van der Waals surface area contributed by atoms with Crippen molar-refractivity contribution >= 4 is 5.69 Å². The molecule has 0 atom stereocenters. The molecule has 1 aromatic rings. The molecule has 76 valence electrons. The summed E-state index contributed by atoms with van der Waals surface area (Å²) in [5.41, 5.74) is 3.53. The Kier molecular flexibility index (Phi) is 4.24. The summed E-state index contributed by atoms with van der Waals surface area (Å²) in [5, 5.41) is 3.31. The molecule has 0 fully saturated rings. The zero-order chi connectivity index (χ0) is 10.4. The average Bonchev–Trinajstić information content (AvgIpc) is 2.18. The van der Waals surface area contributed by atoms with Crippen molar-refractivity contribution in [1.82, 2.24) is 0 Å². The maximum absolute atomic E-state index is 4.00. The summed E-state index contributed by atoms with van der Waals surface area (Å²) in [7, 11) is 0. The van der Waals surface area contributed by atoms with Gasteiger partial charge in [0, 0.05) is 11.4 Å². The standard InChI is InChI=1S/C13H19N/c1-4-5-6-12(3)14-13-9-7-11(2)8-10-13/h7-10,14H,3-6H2,1-2H3. The Morgan fingerprint density at radius 3 is 2.50 bits per heavy atom. The topological polar surface area (TPSA) is 12.0 Å². The molecule has 0 aliphatic rings. The number of hydrogen-bond acceptors (Lipinski definition) is 1. The molecular formula is C13H19N. The van der Waals surface area contributed by atoms with Crippen LogP contribution >= 0.6 is 0 Å². The van der Waals surface area contributed by atoms with Crippen LogP contribution in [0.15, 0.2) is 36.5 Å². The molecule has 0 heterocycles. The zero-order valence-corrected chi connectivity index (χ0v) is 9.14. The molecule has 1 heteroatoms. The molecule has 1 aromatic carbocycles. The fourth-order valence-electron chi connectivity index (χ4n) is 1.29. The number of aryl methyl sites for hydroxylation is 1. The van der Waals surface area contributed by atoms with E-state index in [2.05, 4.69) is 50.0 Å². The molecule has 0 saturated heterocycles. The molecule has 14 heavy (non-hydrogen) atoms. The van der Waals surface area contributed by atoms with Crippen molar-refractivity contribution in [2.45, 2.75) is 33.1 Å². The third-order valence-electron chi connectivity index (χ3n) is 2.20. The SMILES string of the molecule is C=C(CCCC)Nc1ccc(C)cc1. The van der Waals surface area contributed by atoms with Crippen molar-refractivity contribution in [2.24, 2.45) is 0 Å². The second kappa shape index (κ2) is 5.48. The molecule has 0 spiro atoms. The number of unbranched alkanes of at least 4 members (excludes halogenated alkanes) is 1. The Hall–Kier alpha value is -1.24. The van der Waals surface area contributed by atoms with Crippen LogP contribution < -0.4 is 5.32 Å². The maximum atomic E-state index is 4.00. The van der Waals surface area contributed by atoms with Crippen molar-refractivity contribution in [1.29, 1.82) is 0 Å². The van der Waals surface area contributed by atoms with Crippen LogP contribution in [0.4, 0.5) is 5.69 Å². The van der Waals surface area contributed by atoms with Crippen molar-refractivity contribution in [3.8, 4) is 0 Å². The first-order valence-electron chi connectivity index (χ1n) is 5.24. The van der Waals surface area contributed by atoms with Crippen LogP contribution in [0.1, 0.15) is 31.7 Å². The highest BCUT2D eigenvalue weighted by molar-refractivity contribution is 5.48. The van der Waals surface area contributed by atoms with Crippen molar-refractivity contribution in [3.05, 3.63) is 42.1 Å². The minimum atomic E-state index is 1.06. The highest BCUT2D eigenvalue weighted by Crippen LogP contribution is 2.13. The third-order valence-corrected chi connectivity index (χ3v) is 2.20. The number of allylic oxidation sites excluding steroid dienone is 1. The molecule has 0 bridgehead atoms. The predicted octanol–water partition coefficient (Wildman–Crippen LogP) is 4.11. The van der Waals surface area contributed by atoms with Gasteiger partial charge in [0.1, 0.15) is 0 Å².